The van der Waals surface area contributed by atoms with Gasteiger partial charge < -0.3 is 15.9 Å². The zero-order valence-electron chi connectivity index (χ0n) is 9.17. The van der Waals surface area contributed by atoms with Gasteiger partial charge in [0.05, 0.1) is 4.47 Å². The van der Waals surface area contributed by atoms with E-state index in [0.29, 0.717) is 10.0 Å². The van der Waals surface area contributed by atoms with E-state index in [9.17, 15) is 10.2 Å². The summed E-state index contributed by atoms with van der Waals surface area (Å²) in [5.74, 6) is 0.122. The molecule has 0 saturated carbocycles. The van der Waals surface area contributed by atoms with Crippen LogP contribution >= 0.6 is 31.9 Å². The van der Waals surface area contributed by atoms with Crippen LogP contribution in [-0.2, 0) is 0 Å². The van der Waals surface area contributed by atoms with Crippen LogP contribution in [0.15, 0.2) is 21.1 Å². The third-order valence-electron chi connectivity index (χ3n) is 2.64. The second-order valence-electron chi connectivity index (χ2n) is 4.45. The molecule has 0 aliphatic carbocycles. The van der Waals surface area contributed by atoms with Crippen LogP contribution in [0.3, 0.4) is 0 Å². The van der Waals surface area contributed by atoms with Crippen molar-refractivity contribution in [2.45, 2.75) is 19.9 Å². The van der Waals surface area contributed by atoms with Crippen LogP contribution in [0.1, 0.15) is 25.5 Å². The highest BCUT2D eigenvalue weighted by atomic mass is 79.9. The highest BCUT2D eigenvalue weighted by molar-refractivity contribution is 9.11. The lowest BCUT2D eigenvalue weighted by Crippen LogP contribution is -2.32. The summed E-state index contributed by atoms with van der Waals surface area (Å²) in [5.41, 5.74) is 6.18. The molecule has 0 aliphatic heterocycles. The molecule has 1 aromatic rings. The SMILES string of the molecule is CC(C)(CO)[C@H](N)c1cc(Br)cc(Br)c1O. The van der Waals surface area contributed by atoms with Crippen LogP contribution in [0, 0.1) is 5.41 Å². The van der Waals surface area contributed by atoms with Gasteiger partial charge in [0, 0.05) is 28.1 Å². The molecule has 4 N–H and O–H groups in total. The fraction of sp³-hybridized carbons (Fsp3) is 0.455. The molecule has 0 saturated heterocycles. The maximum atomic E-state index is 9.92. The molecule has 1 rings (SSSR count). The molecule has 0 aliphatic rings. The number of aromatic hydroxyl groups is 1. The maximum Gasteiger partial charge on any atom is 0.134 e. The predicted molar refractivity (Wildman–Crippen MR) is 71.3 cm³/mol. The van der Waals surface area contributed by atoms with Crippen LogP contribution in [0.4, 0.5) is 0 Å². The summed E-state index contributed by atoms with van der Waals surface area (Å²) in [4.78, 5) is 0. The lowest BCUT2D eigenvalue weighted by Gasteiger charge is -2.30. The molecule has 0 heterocycles. The predicted octanol–water partition coefficient (Wildman–Crippen LogP) is 2.94. The average Bonchev–Trinajstić information content (AvgIpc) is 2.22. The van der Waals surface area contributed by atoms with E-state index in [0.717, 1.165) is 4.47 Å². The number of hydrogen-bond acceptors (Lipinski definition) is 3. The minimum atomic E-state index is -0.488. The highest BCUT2D eigenvalue weighted by Crippen LogP contribution is 2.40. The summed E-state index contributed by atoms with van der Waals surface area (Å²) < 4.78 is 1.41. The largest absolute Gasteiger partial charge is 0.506 e. The smallest absolute Gasteiger partial charge is 0.134 e. The van der Waals surface area contributed by atoms with Crippen LogP contribution in [-0.4, -0.2) is 16.8 Å². The van der Waals surface area contributed by atoms with Crippen LogP contribution in [0.25, 0.3) is 0 Å². The Bertz CT molecular complexity index is 394. The van der Waals surface area contributed by atoms with Crippen molar-refractivity contribution in [1.82, 2.24) is 0 Å². The first-order valence-corrected chi connectivity index (χ1v) is 6.42. The molecule has 0 radical (unpaired) electrons. The molecule has 0 unspecified atom stereocenters. The van der Waals surface area contributed by atoms with E-state index in [4.69, 9.17) is 5.73 Å². The molecule has 1 atom stereocenters. The first-order chi connectivity index (χ1) is 7.29. The van der Waals surface area contributed by atoms with Crippen molar-refractivity contribution in [2.24, 2.45) is 11.1 Å². The Balaban J connectivity index is 3.23. The number of phenolic OH excluding ortho intramolecular Hbond substituents is 1. The second-order valence-corrected chi connectivity index (χ2v) is 6.22. The Kier molecular flexibility index (Phi) is 4.40. The third-order valence-corrected chi connectivity index (χ3v) is 3.70. The van der Waals surface area contributed by atoms with E-state index >= 15 is 0 Å². The number of aliphatic hydroxyl groups is 1. The number of halogens is 2. The molecule has 0 spiro atoms. The number of hydrogen-bond donors (Lipinski definition) is 3. The summed E-state index contributed by atoms with van der Waals surface area (Å²) >= 11 is 6.60. The van der Waals surface area contributed by atoms with Crippen LogP contribution in [0.2, 0.25) is 0 Å². The number of nitrogens with two attached hydrogens (primary N) is 1. The van der Waals surface area contributed by atoms with Gasteiger partial charge in [-0.3, -0.25) is 0 Å². The molecule has 90 valence electrons. The topological polar surface area (TPSA) is 66.5 Å². The molecule has 3 nitrogen and oxygen atoms in total. The summed E-state index contributed by atoms with van der Waals surface area (Å²) in [6.07, 6.45) is 0. The van der Waals surface area contributed by atoms with Crippen LogP contribution in [0.5, 0.6) is 5.75 Å². The summed E-state index contributed by atoms with van der Waals surface area (Å²) in [7, 11) is 0. The van der Waals surface area contributed by atoms with Gasteiger partial charge in [0.25, 0.3) is 0 Å². The lowest BCUT2D eigenvalue weighted by atomic mass is 9.81. The molecule has 0 amide bonds. The number of rotatable bonds is 3. The number of phenols is 1. The summed E-state index contributed by atoms with van der Waals surface area (Å²) in [6, 6.07) is 3.07. The number of benzene rings is 1. The zero-order valence-corrected chi connectivity index (χ0v) is 12.3. The van der Waals surface area contributed by atoms with Crippen molar-refractivity contribution >= 4 is 31.9 Å². The maximum absolute atomic E-state index is 9.92. The van der Waals surface area contributed by atoms with Crippen molar-refractivity contribution in [2.75, 3.05) is 6.61 Å². The standard InChI is InChI=1S/C11H15Br2NO2/c1-11(2,5-15)10(14)7-3-6(12)4-8(13)9(7)16/h3-4,10,15-16H,5,14H2,1-2H3/t10-/m1/s1. The molecular formula is C11H15Br2NO2. The Labute approximate surface area is 112 Å². The molecule has 5 heteroatoms. The van der Waals surface area contributed by atoms with E-state index in [-0.39, 0.29) is 12.4 Å². The van der Waals surface area contributed by atoms with E-state index < -0.39 is 11.5 Å². The lowest BCUT2D eigenvalue weighted by molar-refractivity contribution is 0.131. The van der Waals surface area contributed by atoms with Gasteiger partial charge in [-0.25, -0.2) is 0 Å². The Morgan fingerprint density at radius 2 is 1.94 bits per heavy atom. The zero-order chi connectivity index (χ0) is 12.5. The quantitative estimate of drug-likeness (QED) is 0.783. The Morgan fingerprint density at radius 3 is 2.44 bits per heavy atom. The van der Waals surface area contributed by atoms with Crippen molar-refractivity contribution in [3.8, 4) is 5.75 Å². The Morgan fingerprint density at radius 1 is 1.38 bits per heavy atom. The van der Waals surface area contributed by atoms with E-state index in [1.165, 1.54) is 0 Å². The average molecular weight is 353 g/mol. The van der Waals surface area contributed by atoms with Gasteiger partial charge in [0.1, 0.15) is 5.75 Å². The van der Waals surface area contributed by atoms with Gasteiger partial charge in [-0.15, -0.1) is 0 Å². The molecule has 16 heavy (non-hydrogen) atoms. The molecule has 0 aromatic heterocycles. The highest BCUT2D eigenvalue weighted by Gasteiger charge is 2.29. The molecular weight excluding hydrogens is 338 g/mol. The first-order valence-electron chi connectivity index (χ1n) is 4.84. The van der Waals surface area contributed by atoms with Gasteiger partial charge in [0.2, 0.25) is 0 Å². The normalized spacial score (nSPS) is 13.9. The fourth-order valence-corrected chi connectivity index (χ4v) is 2.60. The minimum absolute atomic E-state index is 0.0439. The van der Waals surface area contributed by atoms with Gasteiger partial charge in [-0.1, -0.05) is 29.8 Å². The van der Waals surface area contributed by atoms with Crippen molar-refractivity contribution in [3.05, 3.63) is 26.6 Å². The van der Waals surface area contributed by atoms with Crippen molar-refractivity contribution in [3.63, 3.8) is 0 Å². The van der Waals surface area contributed by atoms with E-state index in [2.05, 4.69) is 31.9 Å². The van der Waals surface area contributed by atoms with Gasteiger partial charge in [0.15, 0.2) is 0 Å². The van der Waals surface area contributed by atoms with Gasteiger partial charge in [-0.2, -0.15) is 0 Å². The van der Waals surface area contributed by atoms with Crippen molar-refractivity contribution in [1.29, 1.82) is 0 Å². The number of aliphatic hydroxyl groups excluding tert-OH is 1. The third kappa shape index (κ3) is 2.77. The minimum Gasteiger partial charge on any atom is -0.506 e. The van der Waals surface area contributed by atoms with Gasteiger partial charge >= 0.3 is 0 Å². The fourth-order valence-electron chi connectivity index (χ4n) is 1.34. The molecule has 0 fully saturated rings. The second kappa shape index (κ2) is 5.04. The Hall–Kier alpha value is -0.100. The summed E-state index contributed by atoms with van der Waals surface area (Å²) in [6.45, 7) is 3.66. The van der Waals surface area contributed by atoms with Crippen LogP contribution < -0.4 is 5.73 Å². The van der Waals surface area contributed by atoms with Crippen molar-refractivity contribution < 1.29 is 10.2 Å². The van der Waals surface area contributed by atoms with E-state index in [1.807, 2.05) is 13.8 Å². The monoisotopic (exact) mass is 351 g/mol. The van der Waals surface area contributed by atoms with Gasteiger partial charge in [-0.05, 0) is 28.1 Å². The van der Waals surface area contributed by atoms with E-state index in [1.54, 1.807) is 12.1 Å². The summed E-state index contributed by atoms with van der Waals surface area (Å²) in [5, 5.41) is 19.2. The molecule has 0 bridgehead atoms. The first kappa shape index (κ1) is 14.0. The molecule has 1 aromatic carbocycles.